The Morgan fingerprint density at radius 3 is 3.00 bits per heavy atom. The summed E-state index contributed by atoms with van der Waals surface area (Å²) in [5, 5.41) is 3.37. The quantitative estimate of drug-likeness (QED) is 0.895. The highest BCUT2D eigenvalue weighted by molar-refractivity contribution is 5.88. The lowest BCUT2D eigenvalue weighted by molar-refractivity contribution is -0.134. The molecule has 2 aliphatic rings. The summed E-state index contributed by atoms with van der Waals surface area (Å²) >= 11 is 0. The zero-order valence-corrected chi connectivity index (χ0v) is 12.3. The van der Waals surface area contributed by atoms with Crippen molar-refractivity contribution in [2.75, 3.05) is 18.4 Å². The van der Waals surface area contributed by atoms with Crippen LogP contribution in [0.1, 0.15) is 50.5 Å². The Morgan fingerprint density at radius 1 is 1.30 bits per heavy atom. The average Bonchev–Trinajstić information content (AvgIpc) is 2.76. The van der Waals surface area contributed by atoms with Gasteiger partial charge in [0.1, 0.15) is 0 Å². The van der Waals surface area contributed by atoms with Crippen molar-refractivity contribution in [1.29, 1.82) is 0 Å². The number of para-hydroxylation sites is 1. The minimum atomic E-state index is 0.0124. The van der Waals surface area contributed by atoms with Crippen molar-refractivity contribution in [3.8, 4) is 0 Å². The summed E-state index contributed by atoms with van der Waals surface area (Å²) in [5.41, 5.74) is 2.31. The lowest BCUT2D eigenvalue weighted by Crippen LogP contribution is -2.42. The topological polar surface area (TPSA) is 32.3 Å². The number of nitrogens with zero attached hydrogens (tertiary/aromatic N) is 1. The van der Waals surface area contributed by atoms with Crippen molar-refractivity contribution in [2.24, 2.45) is 0 Å². The molecular weight excluding hydrogens is 248 g/mol. The molecule has 0 aromatic heterocycles. The number of anilines is 1. The van der Waals surface area contributed by atoms with Crippen molar-refractivity contribution in [2.45, 2.75) is 51.0 Å². The number of hydrogen-bond acceptors (Lipinski definition) is 2. The maximum atomic E-state index is 13.0. The fourth-order valence-corrected chi connectivity index (χ4v) is 3.60. The molecule has 0 radical (unpaired) electrons. The van der Waals surface area contributed by atoms with Gasteiger partial charge in [0.05, 0.1) is 5.92 Å². The van der Waals surface area contributed by atoms with Gasteiger partial charge in [0.15, 0.2) is 0 Å². The van der Waals surface area contributed by atoms with Crippen LogP contribution in [0.2, 0.25) is 0 Å². The fraction of sp³-hybridized carbons (Fsp3) is 0.588. The van der Waals surface area contributed by atoms with Gasteiger partial charge in [-0.25, -0.2) is 0 Å². The summed E-state index contributed by atoms with van der Waals surface area (Å²) < 4.78 is 0. The third-order valence-electron chi connectivity index (χ3n) is 4.76. The lowest BCUT2D eigenvalue weighted by atomic mass is 9.98. The van der Waals surface area contributed by atoms with Crippen LogP contribution in [0.4, 0.5) is 5.69 Å². The molecule has 0 spiro atoms. The molecule has 0 saturated carbocycles. The van der Waals surface area contributed by atoms with E-state index in [2.05, 4.69) is 29.3 Å². The van der Waals surface area contributed by atoms with Crippen LogP contribution in [0.3, 0.4) is 0 Å². The minimum absolute atomic E-state index is 0.0124. The Labute approximate surface area is 121 Å². The first-order valence-corrected chi connectivity index (χ1v) is 7.94. The van der Waals surface area contributed by atoms with E-state index < -0.39 is 0 Å². The SMILES string of the molecule is CCC1CCCCCN1C(=O)C1CNc2ccccc21. The van der Waals surface area contributed by atoms with Gasteiger partial charge in [0.2, 0.25) is 5.91 Å². The highest BCUT2D eigenvalue weighted by atomic mass is 16.2. The Bertz CT molecular complexity index is 486. The van der Waals surface area contributed by atoms with Crippen molar-refractivity contribution >= 4 is 11.6 Å². The molecule has 108 valence electrons. The number of likely N-dealkylation sites (tertiary alicyclic amines) is 1. The highest BCUT2D eigenvalue weighted by Crippen LogP contribution is 2.34. The molecule has 1 fully saturated rings. The van der Waals surface area contributed by atoms with Crippen LogP contribution in [0.15, 0.2) is 24.3 Å². The van der Waals surface area contributed by atoms with E-state index in [1.807, 2.05) is 12.1 Å². The zero-order valence-electron chi connectivity index (χ0n) is 12.3. The number of carbonyl (C=O) groups is 1. The summed E-state index contributed by atoms with van der Waals surface area (Å²) in [4.78, 5) is 15.1. The number of carbonyl (C=O) groups excluding carboxylic acids is 1. The number of nitrogens with one attached hydrogen (secondary N) is 1. The standard InChI is InChI=1S/C17H24N2O/c1-2-13-8-4-3-7-11-19(13)17(20)15-12-18-16-10-6-5-9-14(15)16/h5-6,9-10,13,15,18H,2-4,7-8,11-12H2,1H3. The van der Waals surface area contributed by atoms with Crippen molar-refractivity contribution < 1.29 is 4.79 Å². The van der Waals surface area contributed by atoms with E-state index in [9.17, 15) is 4.79 Å². The van der Waals surface area contributed by atoms with E-state index in [1.54, 1.807) is 0 Å². The van der Waals surface area contributed by atoms with Crippen LogP contribution < -0.4 is 5.32 Å². The number of rotatable bonds is 2. The maximum Gasteiger partial charge on any atom is 0.232 e. The number of fused-ring (bicyclic) bond motifs is 1. The molecule has 3 heteroatoms. The molecule has 0 bridgehead atoms. The van der Waals surface area contributed by atoms with Crippen LogP contribution in [-0.2, 0) is 4.79 Å². The lowest BCUT2D eigenvalue weighted by Gasteiger charge is -2.31. The van der Waals surface area contributed by atoms with E-state index in [0.29, 0.717) is 11.9 Å². The third kappa shape index (κ3) is 2.41. The van der Waals surface area contributed by atoms with Gasteiger partial charge in [-0.2, -0.15) is 0 Å². The normalized spacial score (nSPS) is 25.8. The molecule has 1 amide bonds. The summed E-state index contributed by atoms with van der Waals surface area (Å²) in [6, 6.07) is 8.67. The van der Waals surface area contributed by atoms with Gasteiger partial charge in [-0.05, 0) is 30.9 Å². The molecule has 0 aliphatic carbocycles. The smallest absolute Gasteiger partial charge is 0.232 e. The Morgan fingerprint density at radius 2 is 2.15 bits per heavy atom. The molecular formula is C17H24N2O. The number of amides is 1. The van der Waals surface area contributed by atoms with Crippen LogP contribution in [0.25, 0.3) is 0 Å². The second-order valence-electron chi connectivity index (χ2n) is 5.96. The third-order valence-corrected chi connectivity index (χ3v) is 4.76. The van der Waals surface area contributed by atoms with E-state index in [4.69, 9.17) is 0 Å². The first kappa shape index (κ1) is 13.5. The monoisotopic (exact) mass is 272 g/mol. The summed E-state index contributed by atoms with van der Waals surface area (Å²) in [7, 11) is 0. The number of benzene rings is 1. The summed E-state index contributed by atoms with van der Waals surface area (Å²) in [5.74, 6) is 0.342. The zero-order chi connectivity index (χ0) is 13.9. The van der Waals surface area contributed by atoms with Gasteiger partial charge in [0.25, 0.3) is 0 Å². The minimum Gasteiger partial charge on any atom is -0.384 e. The Balaban J connectivity index is 1.81. The summed E-state index contributed by atoms with van der Waals surface area (Å²) in [6.07, 6.45) is 5.93. The molecule has 3 rings (SSSR count). The van der Waals surface area contributed by atoms with Crippen LogP contribution in [0.5, 0.6) is 0 Å². The van der Waals surface area contributed by atoms with E-state index >= 15 is 0 Å². The van der Waals surface area contributed by atoms with E-state index in [1.165, 1.54) is 24.8 Å². The molecule has 2 heterocycles. The molecule has 1 aromatic carbocycles. The maximum absolute atomic E-state index is 13.0. The molecule has 20 heavy (non-hydrogen) atoms. The molecule has 2 atom stereocenters. The fourth-order valence-electron chi connectivity index (χ4n) is 3.60. The molecule has 3 nitrogen and oxygen atoms in total. The van der Waals surface area contributed by atoms with Gasteiger partial charge < -0.3 is 10.2 Å². The molecule has 2 unspecified atom stereocenters. The van der Waals surface area contributed by atoms with Gasteiger partial charge in [-0.3, -0.25) is 4.79 Å². The predicted octanol–water partition coefficient (Wildman–Crippen LogP) is 3.38. The van der Waals surface area contributed by atoms with Crippen molar-refractivity contribution in [3.63, 3.8) is 0 Å². The highest BCUT2D eigenvalue weighted by Gasteiger charge is 2.34. The molecule has 1 saturated heterocycles. The van der Waals surface area contributed by atoms with E-state index in [-0.39, 0.29) is 5.92 Å². The molecule has 1 aromatic rings. The van der Waals surface area contributed by atoms with Crippen LogP contribution >= 0.6 is 0 Å². The van der Waals surface area contributed by atoms with Gasteiger partial charge in [-0.15, -0.1) is 0 Å². The van der Waals surface area contributed by atoms with Crippen molar-refractivity contribution in [1.82, 2.24) is 4.90 Å². The first-order valence-electron chi connectivity index (χ1n) is 7.94. The first-order chi connectivity index (χ1) is 9.81. The van der Waals surface area contributed by atoms with Gasteiger partial charge in [0, 0.05) is 24.8 Å². The molecule has 1 N–H and O–H groups in total. The summed E-state index contributed by atoms with van der Waals surface area (Å²) in [6.45, 7) is 3.90. The second kappa shape index (κ2) is 5.86. The molecule has 2 aliphatic heterocycles. The second-order valence-corrected chi connectivity index (χ2v) is 5.96. The van der Waals surface area contributed by atoms with Gasteiger partial charge in [-0.1, -0.05) is 38.0 Å². The Kier molecular flexibility index (Phi) is 3.95. The predicted molar refractivity (Wildman–Crippen MR) is 81.9 cm³/mol. The van der Waals surface area contributed by atoms with Crippen molar-refractivity contribution in [3.05, 3.63) is 29.8 Å². The Hall–Kier alpha value is -1.51. The number of hydrogen-bond donors (Lipinski definition) is 1. The van der Waals surface area contributed by atoms with Crippen LogP contribution in [-0.4, -0.2) is 29.9 Å². The van der Waals surface area contributed by atoms with Crippen LogP contribution in [0, 0.1) is 0 Å². The van der Waals surface area contributed by atoms with Gasteiger partial charge >= 0.3 is 0 Å². The average molecular weight is 272 g/mol. The largest absolute Gasteiger partial charge is 0.384 e. The van der Waals surface area contributed by atoms with E-state index in [0.717, 1.165) is 31.6 Å².